The molecule has 0 fully saturated rings. The van der Waals surface area contributed by atoms with Gasteiger partial charge in [-0.25, -0.2) is 0 Å². The van der Waals surface area contributed by atoms with Crippen molar-refractivity contribution in [1.82, 2.24) is 0 Å². The summed E-state index contributed by atoms with van der Waals surface area (Å²) in [4.78, 5) is 0. The Labute approximate surface area is 293 Å². The van der Waals surface area contributed by atoms with Gasteiger partial charge in [-0.3, -0.25) is 0 Å². The molecule has 0 saturated heterocycles. The van der Waals surface area contributed by atoms with Crippen LogP contribution in [-0.2, 0) is 25.4 Å². The Hall–Kier alpha value is -1.73. The van der Waals surface area contributed by atoms with Crippen LogP contribution in [0.4, 0.5) is 0 Å². The fraction of sp³-hybridized carbons (Fsp3) is 0. The molecule has 0 bridgehead atoms. The van der Waals surface area contributed by atoms with E-state index < -0.39 is 13.0 Å². The molecule has 7 heteroatoms. The van der Waals surface area contributed by atoms with E-state index in [0.717, 1.165) is 40.8 Å². The largest absolute Gasteiger partial charge is 0 e. The van der Waals surface area contributed by atoms with E-state index in [1.807, 2.05) is 0 Å². The molecule has 0 radical (unpaired) electrons. The summed E-state index contributed by atoms with van der Waals surface area (Å²) in [7, 11) is -2.80. The second kappa shape index (κ2) is 13.7. The van der Waals surface area contributed by atoms with Crippen LogP contribution in [0.25, 0.3) is 0 Å². The quantitative estimate of drug-likeness (QED) is 0.110. The number of hydrogen-bond acceptors (Lipinski definition) is 1. The van der Waals surface area contributed by atoms with Crippen molar-refractivity contribution in [3.63, 3.8) is 0 Å². The Morgan fingerprint density at radius 1 is 0.442 bits per heavy atom. The van der Waals surface area contributed by atoms with Crippen molar-refractivity contribution in [2.45, 2.75) is 0 Å². The first-order valence-corrected chi connectivity index (χ1v) is 21.0. The van der Waals surface area contributed by atoms with Gasteiger partial charge in [0.25, 0.3) is 0 Å². The number of hydrogen-bond donors (Lipinski definition) is 0. The minimum Gasteiger partial charge on any atom is 0 e. The van der Waals surface area contributed by atoms with E-state index in [1.165, 1.54) is 0 Å². The normalized spacial score (nSPS) is 12.5. The smallest absolute Gasteiger partial charge is 0 e. The van der Waals surface area contributed by atoms with Crippen molar-refractivity contribution in [1.29, 1.82) is 0 Å². The Morgan fingerprint density at radius 3 is 1.16 bits per heavy atom. The van der Waals surface area contributed by atoms with E-state index >= 15 is 0 Å². The summed E-state index contributed by atoms with van der Waals surface area (Å²) >= 11 is 12.5. The van der Waals surface area contributed by atoms with E-state index in [9.17, 15) is 0 Å². The van der Waals surface area contributed by atoms with Crippen LogP contribution in [0.15, 0.2) is 179 Å². The molecule has 214 valence electrons. The van der Waals surface area contributed by atoms with E-state index in [-0.39, 0.29) is 21.1 Å². The summed E-state index contributed by atoms with van der Waals surface area (Å²) in [5.74, 6) is 0. The average molecular weight is 874 g/mol. The molecule has 0 unspecified atom stereocenters. The average Bonchev–Trinajstić information content (AvgIpc) is 3.07. The fourth-order valence-electron chi connectivity index (χ4n) is 5.49. The van der Waals surface area contributed by atoms with Gasteiger partial charge in [0.2, 0.25) is 0 Å². The third kappa shape index (κ3) is 5.75. The first-order chi connectivity index (χ1) is 20.5. The molecular formula is C36H28Br3MoOP2+. The van der Waals surface area contributed by atoms with Crippen LogP contribution in [0.3, 0.4) is 0 Å². The predicted molar refractivity (Wildman–Crippen MR) is 196 cm³/mol. The van der Waals surface area contributed by atoms with Gasteiger partial charge in [-0.1, -0.05) is 0 Å². The monoisotopic (exact) mass is 873 g/mol. The third-order valence-electron chi connectivity index (χ3n) is 7.43. The van der Waals surface area contributed by atoms with Crippen molar-refractivity contribution in [3.8, 4) is 0 Å². The summed E-state index contributed by atoms with van der Waals surface area (Å²) in [6, 6.07) is 59.9. The second-order valence-electron chi connectivity index (χ2n) is 9.87. The summed E-state index contributed by atoms with van der Waals surface area (Å²) in [5, 5.41) is 6.66. The van der Waals surface area contributed by atoms with Crippen LogP contribution in [0.1, 0.15) is 0 Å². The SMILES string of the molecule is Brc1cccc(P(Br)(O[P+](c2ccccc2)(c2ccccc2)c2ccccc2)(c2ccccc2)c2ccccc2)c1Br.[Mo]. The molecule has 0 saturated carbocycles. The Morgan fingerprint density at radius 2 is 0.791 bits per heavy atom. The molecule has 6 rings (SSSR count). The molecule has 6 aromatic carbocycles. The molecule has 0 aromatic heterocycles. The van der Waals surface area contributed by atoms with Gasteiger partial charge in [-0.05, 0) is 0 Å². The van der Waals surface area contributed by atoms with Gasteiger partial charge in [-0.2, -0.15) is 0 Å². The first kappa shape index (κ1) is 32.7. The molecule has 43 heavy (non-hydrogen) atoms. The zero-order valence-corrected chi connectivity index (χ0v) is 31.6. The minimum atomic E-state index is -3.94. The van der Waals surface area contributed by atoms with Crippen LogP contribution < -0.4 is 31.8 Å². The van der Waals surface area contributed by atoms with Crippen LogP contribution in [-0.4, -0.2) is 0 Å². The molecule has 0 spiro atoms. The van der Waals surface area contributed by atoms with Gasteiger partial charge in [0.15, 0.2) is 0 Å². The van der Waals surface area contributed by atoms with E-state index in [4.69, 9.17) is 4.31 Å². The minimum absolute atomic E-state index is 0. The molecule has 6 aromatic rings. The maximum atomic E-state index is 8.37. The van der Waals surface area contributed by atoms with Crippen molar-refractivity contribution in [2.24, 2.45) is 0 Å². The van der Waals surface area contributed by atoms with Crippen LogP contribution in [0.2, 0.25) is 0 Å². The van der Waals surface area contributed by atoms with E-state index in [2.05, 4.69) is 217 Å². The second-order valence-corrected chi connectivity index (χ2v) is 22.4. The molecule has 0 atom stereocenters. The van der Waals surface area contributed by atoms with E-state index in [1.54, 1.807) is 0 Å². The van der Waals surface area contributed by atoms with Crippen molar-refractivity contribution in [2.75, 3.05) is 0 Å². The van der Waals surface area contributed by atoms with Gasteiger partial charge >= 0.3 is 275 Å². The summed E-state index contributed by atoms with van der Waals surface area (Å²) in [6.45, 7) is 0. The van der Waals surface area contributed by atoms with Crippen LogP contribution in [0.5, 0.6) is 0 Å². The van der Waals surface area contributed by atoms with Crippen LogP contribution in [0, 0.1) is 0 Å². The third-order valence-corrected chi connectivity index (χ3v) is 23.5. The molecule has 0 aliphatic rings. The van der Waals surface area contributed by atoms with Gasteiger partial charge in [0.05, 0.1) is 0 Å². The van der Waals surface area contributed by atoms with Crippen LogP contribution >= 0.6 is 60.4 Å². The number of rotatable bonds is 8. The molecule has 1 nitrogen and oxygen atoms in total. The van der Waals surface area contributed by atoms with Gasteiger partial charge in [-0.15, -0.1) is 0 Å². The van der Waals surface area contributed by atoms with Gasteiger partial charge < -0.3 is 0 Å². The summed E-state index contributed by atoms with van der Waals surface area (Å²) in [6.07, 6.45) is 0. The van der Waals surface area contributed by atoms with Gasteiger partial charge in [0.1, 0.15) is 0 Å². The molecule has 0 N–H and O–H groups in total. The topological polar surface area (TPSA) is 9.23 Å². The number of benzene rings is 6. The standard InChI is InChI=1S/C36H28Br3OP2.Mo/c37-34-27-16-28-35(36(34)38)42(39,32-23-12-4-13-24-32,33-25-14-5-15-26-33)40-41(29-17-6-1-7-18-29,30-19-8-2-9-20-30)31-21-10-3-11-22-31;/h1-28H;/q+1;. The molecule has 0 amide bonds. The van der Waals surface area contributed by atoms with Crippen molar-refractivity contribution >= 4 is 92.2 Å². The summed E-state index contributed by atoms with van der Waals surface area (Å²) in [5.41, 5.74) is -3.94. The van der Waals surface area contributed by atoms with Gasteiger partial charge in [0, 0.05) is 21.1 Å². The van der Waals surface area contributed by atoms with Crippen molar-refractivity contribution < 1.29 is 25.4 Å². The maximum absolute atomic E-state index is 8.37. The zero-order valence-electron chi connectivity index (χ0n) is 23.0. The molecule has 0 heterocycles. The predicted octanol–water partition coefficient (Wildman–Crippen LogP) is 9.19. The Bertz CT molecular complexity index is 1660. The fourth-order valence-corrected chi connectivity index (χ4v) is 21.9. The molecular weight excluding hydrogens is 846 g/mol. The Kier molecular flexibility index (Phi) is 10.4. The first-order valence-electron chi connectivity index (χ1n) is 13.6. The maximum Gasteiger partial charge on any atom is 0 e. The Balaban J connectivity index is 0.00000368. The number of halogens is 3. The van der Waals surface area contributed by atoms with E-state index in [0.29, 0.717) is 0 Å². The molecule has 0 aliphatic heterocycles. The summed E-state index contributed by atoms with van der Waals surface area (Å²) < 4.78 is 10.3. The molecule has 0 aliphatic carbocycles. The zero-order chi connectivity index (χ0) is 29.1. The van der Waals surface area contributed by atoms with Crippen molar-refractivity contribution in [3.05, 3.63) is 179 Å².